The molecule has 1 aliphatic rings. The summed E-state index contributed by atoms with van der Waals surface area (Å²) >= 11 is 1.88. The highest BCUT2D eigenvalue weighted by Crippen LogP contribution is 2.50. The quantitative estimate of drug-likeness (QED) is 0.156. The molecule has 1 heterocycles. The number of rotatable bonds is 3. The molecule has 0 spiro atoms. The number of benzene rings is 11. The maximum atomic E-state index is 2.45. The van der Waals surface area contributed by atoms with Crippen LogP contribution in [0.5, 0.6) is 0 Å². The molecule has 0 nitrogen and oxygen atoms in total. The lowest BCUT2D eigenvalue weighted by molar-refractivity contribution is 1.52. The van der Waals surface area contributed by atoms with Crippen molar-refractivity contribution < 1.29 is 0 Å². The molecule has 11 aromatic carbocycles. The topological polar surface area (TPSA) is 0 Å². The van der Waals surface area contributed by atoms with E-state index in [1.54, 1.807) is 0 Å². The van der Waals surface area contributed by atoms with Crippen molar-refractivity contribution in [3.63, 3.8) is 0 Å². The van der Waals surface area contributed by atoms with Gasteiger partial charge in [0.1, 0.15) is 0 Å². The van der Waals surface area contributed by atoms with E-state index < -0.39 is 0 Å². The van der Waals surface area contributed by atoms with E-state index in [4.69, 9.17) is 0 Å². The molecule has 0 N–H and O–H groups in total. The van der Waals surface area contributed by atoms with Gasteiger partial charge in [0.25, 0.3) is 0 Å². The van der Waals surface area contributed by atoms with Gasteiger partial charge in [0, 0.05) is 20.2 Å². The summed E-state index contributed by atoms with van der Waals surface area (Å²) in [5.74, 6) is 0. The molecule has 0 aliphatic heterocycles. The van der Waals surface area contributed by atoms with Gasteiger partial charge in [0.2, 0.25) is 0 Å². The molecule has 0 bridgehead atoms. The van der Waals surface area contributed by atoms with E-state index in [0.717, 1.165) is 0 Å². The molecule has 12 aromatic rings. The molecule has 1 aliphatic carbocycles. The van der Waals surface area contributed by atoms with E-state index in [1.165, 1.54) is 130 Å². The van der Waals surface area contributed by atoms with Crippen molar-refractivity contribution in [2.75, 3.05) is 0 Å². The number of hydrogen-bond acceptors (Lipinski definition) is 1. The smallest absolute Gasteiger partial charge is 0.0355 e. The van der Waals surface area contributed by atoms with Gasteiger partial charge in [0.15, 0.2) is 0 Å². The lowest BCUT2D eigenvalue weighted by Crippen LogP contribution is -1.97. The Hall–Kier alpha value is -7.58. The highest BCUT2D eigenvalue weighted by molar-refractivity contribution is 7.25. The van der Waals surface area contributed by atoms with Crippen LogP contribution in [-0.2, 0) is 0 Å². The first-order valence-electron chi connectivity index (χ1n) is 21.1. The molecule has 1 heteroatoms. The molecule has 0 saturated heterocycles. The van der Waals surface area contributed by atoms with Crippen molar-refractivity contribution in [2.45, 2.75) is 0 Å². The van der Waals surface area contributed by atoms with Crippen LogP contribution in [0.1, 0.15) is 0 Å². The summed E-state index contributed by atoms with van der Waals surface area (Å²) in [4.78, 5) is 0. The normalized spacial score (nSPS) is 11.9. The van der Waals surface area contributed by atoms with Crippen LogP contribution in [0.4, 0.5) is 0 Å². The second-order valence-corrected chi connectivity index (χ2v) is 17.4. The summed E-state index contributed by atoms with van der Waals surface area (Å²) in [7, 11) is 0. The fourth-order valence-electron chi connectivity index (χ4n) is 10.3. The van der Waals surface area contributed by atoms with E-state index >= 15 is 0 Å². The zero-order valence-corrected chi connectivity index (χ0v) is 34.0. The van der Waals surface area contributed by atoms with Gasteiger partial charge >= 0.3 is 0 Å². The average molecular weight is 789 g/mol. The van der Waals surface area contributed by atoms with Gasteiger partial charge in [-0.3, -0.25) is 0 Å². The second kappa shape index (κ2) is 13.5. The van der Waals surface area contributed by atoms with E-state index in [9.17, 15) is 0 Å². The zero-order valence-electron chi connectivity index (χ0n) is 33.2. The fourth-order valence-corrected chi connectivity index (χ4v) is 11.4. The third kappa shape index (κ3) is 5.24. The van der Waals surface area contributed by atoms with Crippen LogP contribution >= 0.6 is 11.3 Å². The van der Waals surface area contributed by atoms with Crippen LogP contribution < -0.4 is 0 Å². The third-order valence-corrected chi connectivity index (χ3v) is 14.2. The zero-order chi connectivity index (χ0) is 40.0. The Labute approximate surface area is 358 Å². The minimum absolute atomic E-state index is 1.22. The van der Waals surface area contributed by atoms with Crippen LogP contribution in [0.25, 0.3) is 130 Å². The first-order valence-corrected chi connectivity index (χ1v) is 21.9. The second-order valence-electron chi connectivity index (χ2n) is 16.3. The molecule has 0 amide bonds. The molecule has 13 rings (SSSR count). The molecule has 61 heavy (non-hydrogen) atoms. The SMILES string of the molecule is c1ccc2c(c1)-c1ccccc1-c1ccc(-c3ccc4sc5ccc(-c6c7ccccc7c(-c7cccc8ccccc78)c7ccccc67)cc5c4c3)cc1-c1ccccc1-2. The minimum atomic E-state index is 1.22. The summed E-state index contributed by atoms with van der Waals surface area (Å²) in [5, 5.41) is 10.2. The van der Waals surface area contributed by atoms with Gasteiger partial charge < -0.3 is 0 Å². The molecular formula is C60H36S. The van der Waals surface area contributed by atoms with E-state index in [0.29, 0.717) is 0 Å². The Morgan fingerprint density at radius 3 is 1.16 bits per heavy atom. The third-order valence-electron chi connectivity index (χ3n) is 13.0. The van der Waals surface area contributed by atoms with E-state index in [2.05, 4.69) is 218 Å². The average Bonchev–Trinajstić information content (AvgIpc) is 3.70. The predicted molar refractivity (Wildman–Crippen MR) is 263 cm³/mol. The van der Waals surface area contributed by atoms with Crippen molar-refractivity contribution in [3.05, 3.63) is 218 Å². The molecule has 1 aromatic heterocycles. The Morgan fingerprint density at radius 1 is 0.213 bits per heavy atom. The maximum absolute atomic E-state index is 2.45. The van der Waals surface area contributed by atoms with Gasteiger partial charge in [-0.15, -0.1) is 11.3 Å². The molecule has 282 valence electrons. The highest BCUT2D eigenvalue weighted by Gasteiger charge is 2.23. The van der Waals surface area contributed by atoms with Crippen molar-refractivity contribution in [1.82, 2.24) is 0 Å². The number of thiophene rings is 1. The molecule has 0 atom stereocenters. The Kier molecular flexibility index (Phi) is 7.58. The van der Waals surface area contributed by atoms with Crippen LogP contribution in [0, 0.1) is 0 Å². The number of fused-ring (bicyclic) bond motifs is 14. The molecular weight excluding hydrogens is 753 g/mol. The number of hydrogen-bond donors (Lipinski definition) is 0. The Balaban J connectivity index is 1.000. The predicted octanol–water partition coefficient (Wildman–Crippen LogP) is 17.5. The van der Waals surface area contributed by atoms with Crippen molar-refractivity contribution in [3.8, 4) is 77.9 Å². The van der Waals surface area contributed by atoms with Crippen LogP contribution in [0.3, 0.4) is 0 Å². The molecule has 0 unspecified atom stereocenters. The molecule has 0 saturated carbocycles. The van der Waals surface area contributed by atoms with Gasteiger partial charge in [-0.25, -0.2) is 0 Å². The van der Waals surface area contributed by atoms with E-state index in [-0.39, 0.29) is 0 Å². The maximum Gasteiger partial charge on any atom is 0.0355 e. The first kappa shape index (κ1) is 34.3. The molecule has 0 radical (unpaired) electrons. The van der Waals surface area contributed by atoms with Crippen molar-refractivity contribution in [2.24, 2.45) is 0 Å². The molecule has 0 fully saturated rings. The van der Waals surface area contributed by atoms with Gasteiger partial charge in [-0.05, 0) is 141 Å². The monoisotopic (exact) mass is 788 g/mol. The van der Waals surface area contributed by atoms with Crippen LogP contribution in [-0.4, -0.2) is 0 Å². The van der Waals surface area contributed by atoms with Gasteiger partial charge in [-0.1, -0.05) is 188 Å². The lowest BCUT2D eigenvalue weighted by atomic mass is 9.80. The Bertz CT molecular complexity index is 3700. The summed E-state index contributed by atoms with van der Waals surface area (Å²) in [6.45, 7) is 0. The van der Waals surface area contributed by atoms with Crippen LogP contribution in [0.2, 0.25) is 0 Å². The Morgan fingerprint density at radius 2 is 0.590 bits per heavy atom. The summed E-state index contributed by atoms with van der Waals surface area (Å²) in [6.07, 6.45) is 0. The van der Waals surface area contributed by atoms with Crippen molar-refractivity contribution in [1.29, 1.82) is 0 Å². The highest BCUT2D eigenvalue weighted by atomic mass is 32.1. The van der Waals surface area contributed by atoms with Gasteiger partial charge in [0.05, 0.1) is 0 Å². The summed E-state index contributed by atoms with van der Waals surface area (Å²) in [6, 6.07) is 81.4. The van der Waals surface area contributed by atoms with Gasteiger partial charge in [-0.2, -0.15) is 0 Å². The fraction of sp³-hybridized carbons (Fsp3) is 0. The standard InChI is InChI=1S/C60H36S/c1-2-16-41-37(14-1)15-13-27-49(41)60-52-25-11-9-23-50(52)59(51-24-10-12-26-53(51)60)40-30-33-58-56(36-40)55-35-39(29-32-57(55)61-58)38-28-31-48-46-21-6-5-19-44(46)42-17-3-4-18-43(42)45-20-7-8-22-47(45)54(48)34-38/h1-36H. The first-order chi connectivity index (χ1) is 30.3. The van der Waals surface area contributed by atoms with Crippen molar-refractivity contribution >= 4 is 63.8 Å². The largest absolute Gasteiger partial charge is 0.135 e. The van der Waals surface area contributed by atoms with E-state index in [1.807, 2.05) is 11.3 Å². The lowest BCUT2D eigenvalue weighted by Gasteiger charge is -2.23. The van der Waals surface area contributed by atoms with Crippen LogP contribution in [0.15, 0.2) is 218 Å². The summed E-state index contributed by atoms with van der Waals surface area (Å²) in [5.41, 5.74) is 17.7. The summed E-state index contributed by atoms with van der Waals surface area (Å²) < 4.78 is 2.61. The minimum Gasteiger partial charge on any atom is -0.135 e.